The maximum Gasteiger partial charge on any atom is 0.222 e. The van der Waals surface area contributed by atoms with E-state index in [1.54, 1.807) is 0 Å². The van der Waals surface area contributed by atoms with Crippen molar-refractivity contribution in [2.75, 3.05) is 25.2 Å². The second-order valence-electron chi connectivity index (χ2n) is 5.43. The SMILES string of the molecule is CN(Cc1cccc(-c2nn[nH]n2)n1)c1ccc2c(c1)OCCO2. The molecule has 0 fully saturated rings. The van der Waals surface area contributed by atoms with Crippen LogP contribution in [0.4, 0.5) is 5.69 Å². The van der Waals surface area contributed by atoms with E-state index in [-0.39, 0.29) is 0 Å². The van der Waals surface area contributed by atoms with Gasteiger partial charge in [0.15, 0.2) is 11.5 Å². The summed E-state index contributed by atoms with van der Waals surface area (Å²) in [4.78, 5) is 6.68. The number of nitrogens with zero attached hydrogens (tertiary/aromatic N) is 5. The van der Waals surface area contributed by atoms with E-state index in [2.05, 4.69) is 30.5 Å². The predicted molar refractivity (Wildman–Crippen MR) is 86.9 cm³/mol. The Kier molecular flexibility index (Phi) is 3.70. The summed E-state index contributed by atoms with van der Waals surface area (Å²) in [6.07, 6.45) is 0. The standard InChI is InChI=1S/C16H16N6O2/c1-22(12-5-6-14-15(9-12)24-8-7-23-14)10-11-3-2-4-13(17-11)16-18-20-21-19-16/h2-6,9H,7-8,10H2,1H3,(H,18,19,20,21). The molecule has 8 nitrogen and oxygen atoms in total. The van der Waals surface area contributed by atoms with E-state index in [0.717, 1.165) is 22.9 Å². The smallest absolute Gasteiger partial charge is 0.222 e. The van der Waals surface area contributed by atoms with Gasteiger partial charge in [-0.2, -0.15) is 5.21 Å². The summed E-state index contributed by atoms with van der Waals surface area (Å²) in [5.41, 5.74) is 2.64. The summed E-state index contributed by atoms with van der Waals surface area (Å²) < 4.78 is 11.2. The van der Waals surface area contributed by atoms with Gasteiger partial charge >= 0.3 is 0 Å². The molecule has 0 unspecified atom stereocenters. The Labute approximate surface area is 138 Å². The predicted octanol–water partition coefficient (Wildman–Crippen LogP) is 1.67. The van der Waals surface area contributed by atoms with E-state index in [9.17, 15) is 0 Å². The lowest BCUT2D eigenvalue weighted by atomic mass is 10.2. The third-order valence-electron chi connectivity index (χ3n) is 3.75. The molecule has 0 spiro atoms. The van der Waals surface area contributed by atoms with Gasteiger partial charge in [-0.1, -0.05) is 6.07 Å². The van der Waals surface area contributed by atoms with Gasteiger partial charge < -0.3 is 14.4 Å². The zero-order valence-corrected chi connectivity index (χ0v) is 13.1. The Morgan fingerprint density at radius 1 is 1.12 bits per heavy atom. The zero-order valence-electron chi connectivity index (χ0n) is 13.1. The van der Waals surface area contributed by atoms with E-state index in [4.69, 9.17) is 9.47 Å². The molecule has 3 aromatic rings. The number of benzene rings is 1. The zero-order chi connectivity index (χ0) is 16.4. The lowest BCUT2D eigenvalue weighted by Gasteiger charge is -2.23. The van der Waals surface area contributed by atoms with Crippen molar-refractivity contribution in [3.63, 3.8) is 0 Å². The average Bonchev–Trinajstić information content (AvgIpc) is 3.16. The highest BCUT2D eigenvalue weighted by atomic mass is 16.6. The van der Waals surface area contributed by atoms with Crippen LogP contribution in [0.5, 0.6) is 11.5 Å². The van der Waals surface area contributed by atoms with Crippen molar-refractivity contribution in [3.8, 4) is 23.0 Å². The average molecular weight is 324 g/mol. The van der Waals surface area contributed by atoms with Crippen LogP contribution in [-0.2, 0) is 6.54 Å². The van der Waals surface area contributed by atoms with E-state index in [1.807, 2.05) is 43.4 Å². The Morgan fingerprint density at radius 2 is 2.00 bits per heavy atom. The van der Waals surface area contributed by atoms with Gasteiger partial charge in [0.2, 0.25) is 5.82 Å². The van der Waals surface area contributed by atoms with Crippen LogP contribution in [0.3, 0.4) is 0 Å². The van der Waals surface area contributed by atoms with Crippen LogP contribution in [0.15, 0.2) is 36.4 Å². The minimum absolute atomic E-state index is 0.485. The number of pyridine rings is 1. The van der Waals surface area contributed by atoms with E-state index in [1.165, 1.54) is 0 Å². The van der Waals surface area contributed by atoms with Crippen LogP contribution in [-0.4, -0.2) is 45.9 Å². The summed E-state index contributed by atoms with van der Waals surface area (Å²) in [5.74, 6) is 2.05. The Hall–Kier alpha value is -3.16. The van der Waals surface area contributed by atoms with Crippen molar-refractivity contribution in [1.29, 1.82) is 0 Å². The minimum atomic E-state index is 0.485. The second kappa shape index (κ2) is 6.15. The molecule has 1 aliphatic rings. The molecule has 0 saturated heterocycles. The number of H-pyrrole nitrogens is 1. The highest BCUT2D eigenvalue weighted by Gasteiger charge is 2.14. The first kappa shape index (κ1) is 14.4. The first-order chi connectivity index (χ1) is 11.8. The molecule has 8 heteroatoms. The van der Waals surface area contributed by atoms with Gasteiger partial charge in [0.05, 0.1) is 12.2 Å². The first-order valence-corrected chi connectivity index (χ1v) is 7.60. The van der Waals surface area contributed by atoms with Crippen LogP contribution in [0, 0.1) is 0 Å². The fourth-order valence-electron chi connectivity index (χ4n) is 2.57. The molecule has 122 valence electrons. The van der Waals surface area contributed by atoms with Crippen LogP contribution in [0.1, 0.15) is 5.69 Å². The molecule has 24 heavy (non-hydrogen) atoms. The Balaban J connectivity index is 1.54. The number of hydrogen-bond acceptors (Lipinski definition) is 7. The highest BCUT2D eigenvalue weighted by Crippen LogP contribution is 2.34. The molecule has 2 aromatic heterocycles. The van der Waals surface area contributed by atoms with Crippen molar-refractivity contribution < 1.29 is 9.47 Å². The number of anilines is 1. The molecule has 4 rings (SSSR count). The summed E-state index contributed by atoms with van der Waals surface area (Å²) in [7, 11) is 2.01. The van der Waals surface area contributed by atoms with Crippen molar-refractivity contribution in [3.05, 3.63) is 42.1 Å². The van der Waals surface area contributed by atoms with E-state index >= 15 is 0 Å². The van der Waals surface area contributed by atoms with Crippen molar-refractivity contribution in [1.82, 2.24) is 25.6 Å². The number of aromatic nitrogens is 5. The molecular formula is C16H16N6O2. The van der Waals surface area contributed by atoms with Gasteiger partial charge in [0.1, 0.15) is 18.9 Å². The van der Waals surface area contributed by atoms with E-state index < -0.39 is 0 Å². The summed E-state index contributed by atoms with van der Waals surface area (Å²) >= 11 is 0. The topological polar surface area (TPSA) is 89.1 Å². The number of hydrogen-bond donors (Lipinski definition) is 1. The minimum Gasteiger partial charge on any atom is -0.486 e. The molecule has 1 N–H and O–H groups in total. The lowest BCUT2D eigenvalue weighted by Crippen LogP contribution is -2.19. The monoisotopic (exact) mass is 324 g/mol. The van der Waals surface area contributed by atoms with Gasteiger partial charge in [0, 0.05) is 18.8 Å². The molecule has 0 aliphatic carbocycles. The summed E-state index contributed by atoms with van der Waals surface area (Å²) in [5, 5.41) is 13.9. The molecule has 0 bridgehead atoms. The maximum atomic E-state index is 5.64. The first-order valence-electron chi connectivity index (χ1n) is 7.60. The van der Waals surface area contributed by atoms with Crippen molar-refractivity contribution in [2.24, 2.45) is 0 Å². The number of rotatable bonds is 4. The van der Waals surface area contributed by atoms with Crippen LogP contribution in [0.25, 0.3) is 11.5 Å². The van der Waals surface area contributed by atoms with Gasteiger partial charge in [0.25, 0.3) is 0 Å². The molecule has 0 saturated carbocycles. The fourth-order valence-corrected chi connectivity index (χ4v) is 2.57. The quantitative estimate of drug-likeness (QED) is 0.781. The van der Waals surface area contributed by atoms with Gasteiger partial charge in [-0.25, -0.2) is 4.98 Å². The van der Waals surface area contributed by atoms with Crippen LogP contribution < -0.4 is 14.4 Å². The summed E-state index contributed by atoms with van der Waals surface area (Å²) in [6.45, 7) is 1.81. The lowest BCUT2D eigenvalue weighted by molar-refractivity contribution is 0.171. The van der Waals surface area contributed by atoms with Gasteiger partial charge in [-0.15, -0.1) is 10.2 Å². The molecule has 0 atom stereocenters. The molecule has 1 aliphatic heterocycles. The number of nitrogens with one attached hydrogen (secondary N) is 1. The summed E-state index contributed by atoms with van der Waals surface area (Å²) in [6, 6.07) is 11.7. The molecule has 0 radical (unpaired) electrons. The number of fused-ring (bicyclic) bond motifs is 1. The van der Waals surface area contributed by atoms with E-state index in [0.29, 0.717) is 31.3 Å². The highest BCUT2D eigenvalue weighted by molar-refractivity contribution is 5.56. The largest absolute Gasteiger partial charge is 0.486 e. The molecular weight excluding hydrogens is 308 g/mol. The second-order valence-corrected chi connectivity index (χ2v) is 5.43. The maximum absolute atomic E-state index is 5.64. The Morgan fingerprint density at radius 3 is 2.83 bits per heavy atom. The third-order valence-corrected chi connectivity index (χ3v) is 3.75. The van der Waals surface area contributed by atoms with Crippen LogP contribution >= 0.6 is 0 Å². The van der Waals surface area contributed by atoms with Crippen molar-refractivity contribution in [2.45, 2.75) is 6.54 Å². The molecule has 3 heterocycles. The number of aromatic amines is 1. The molecule has 1 aromatic carbocycles. The van der Waals surface area contributed by atoms with Gasteiger partial charge in [-0.05, 0) is 29.5 Å². The third kappa shape index (κ3) is 2.85. The Bertz CT molecular complexity index is 836. The fraction of sp³-hybridized carbons (Fsp3) is 0.250. The normalized spacial score (nSPS) is 12.9. The van der Waals surface area contributed by atoms with Crippen LogP contribution in [0.2, 0.25) is 0 Å². The van der Waals surface area contributed by atoms with Gasteiger partial charge in [-0.3, -0.25) is 0 Å². The molecule has 0 amide bonds. The number of tetrazole rings is 1. The number of ether oxygens (including phenoxy) is 2. The van der Waals surface area contributed by atoms with Crippen molar-refractivity contribution >= 4 is 5.69 Å².